The third-order valence-electron chi connectivity index (χ3n) is 5.16. The van der Waals surface area contributed by atoms with Gasteiger partial charge in [0, 0.05) is 56.8 Å². The molecule has 1 saturated heterocycles. The van der Waals surface area contributed by atoms with Gasteiger partial charge in [-0.15, -0.1) is 11.3 Å². The third kappa shape index (κ3) is 5.91. The second-order valence-corrected chi connectivity index (χ2v) is 8.48. The van der Waals surface area contributed by atoms with Gasteiger partial charge in [-0.3, -0.25) is 9.79 Å². The SMILES string of the molecule is CN=C(NCCC(=O)N1CCN(c2ccc(F)cc2)CC1)NCc1nc(C)c(C)s1. The number of guanidine groups is 1. The maximum absolute atomic E-state index is 13.1. The number of anilines is 1. The van der Waals surface area contributed by atoms with Crippen LogP contribution in [0.2, 0.25) is 0 Å². The van der Waals surface area contributed by atoms with Gasteiger partial charge in [-0.05, 0) is 38.1 Å². The molecule has 9 heteroatoms. The van der Waals surface area contributed by atoms with Gasteiger partial charge in [0.15, 0.2) is 5.96 Å². The van der Waals surface area contributed by atoms with Gasteiger partial charge < -0.3 is 20.4 Å². The summed E-state index contributed by atoms with van der Waals surface area (Å²) in [5.41, 5.74) is 2.05. The predicted octanol–water partition coefficient (Wildman–Crippen LogP) is 2.30. The lowest BCUT2D eigenvalue weighted by atomic mass is 10.2. The average Bonchev–Trinajstić information content (AvgIpc) is 3.08. The molecule has 3 rings (SSSR count). The molecule has 1 fully saturated rings. The quantitative estimate of drug-likeness (QED) is 0.541. The summed E-state index contributed by atoms with van der Waals surface area (Å²) < 4.78 is 13.1. The number of piperazine rings is 1. The summed E-state index contributed by atoms with van der Waals surface area (Å²) in [6, 6.07) is 6.50. The topological polar surface area (TPSA) is 72.9 Å². The first kappa shape index (κ1) is 22.0. The van der Waals surface area contributed by atoms with Gasteiger partial charge in [0.1, 0.15) is 10.8 Å². The summed E-state index contributed by atoms with van der Waals surface area (Å²) >= 11 is 1.67. The number of halogens is 1. The first-order chi connectivity index (χ1) is 14.5. The molecule has 2 N–H and O–H groups in total. The van der Waals surface area contributed by atoms with Gasteiger partial charge in [-0.25, -0.2) is 9.37 Å². The zero-order valence-corrected chi connectivity index (χ0v) is 18.6. The molecule has 0 aliphatic carbocycles. The fourth-order valence-corrected chi connectivity index (χ4v) is 4.18. The van der Waals surface area contributed by atoms with E-state index in [-0.39, 0.29) is 11.7 Å². The van der Waals surface area contributed by atoms with Crippen LogP contribution in [0, 0.1) is 19.7 Å². The number of carbonyl (C=O) groups is 1. The number of thiazole rings is 1. The van der Waals surface area contributed by atoms with E-state index in [1.165, 1.54) is 17.0 Å². The highest BCUT2D eigenvalue weighted by atomic mass is 32.1. The Morgan fingerprint density at radius 3 is 2.47 bits per heavy atom. The minimum atomic E-state index is -0.235. The van der Waals surface area contributed by atoms with Crippen molar-refractivity contribution in [2.45, 2.75) is 26.8 Å². The standard InChI is InChI=1S/C21H29FN6OS/c1-15-16(2)30-19(26-15)14-25-21(23-3)24-9-8-20(29)28-12-10-27(11-13-28)18-6-4-17(22)5-7-18/h4-7H,8-14H2,1-3H3,(H2,23,24,25). The molecule has 2 aromatic rings. The van der Waals surface area contributed by atoms with Crippen LogP contribution in [0.5, 0.6) is 0 Å². The zero-order valence-electron chi connectivity index (χ0n) is 17.7. The lowest BCUT2D eigenvalue weighted by molar-refractivity contribution is -0.131. The Labute approximate surface area is 181 Å². The first-order valence-corrected chi connectivity index (χ1v) is 10.9. The molecule has 1 aromatic heterocycles. The van der Waals surface area contributed by atoms with E-state index >= 15 is 0 Å². The van der Waals surface area contributed by atoms with E-state index in [1.807, 2.05) is 11.8 Å². The van der Waals surface area contributed by atoms with E-state index in [0.717, 1.165) is 29.5 Å². The van der Waals surface area contributed by atoms with Crippen LogP contribution >= 0.6 is 11.3 Å². The van der Waals surface area contributed by atoms with Gasteiger partial charge in [0.25, 0.3) is 0 Å². The van der Waals surface area contributed by atoms with Gasteiger partial charge in [-0.2, -0.15) is 0 Å². The van der Waals surface area contributed by atoms with E-state index in [2.05, 4.69) is 32.4 Å². The molecule has 1 aliphatic rings. The van der Waals surface area contributed by atoms with Gasteiger partial charge in [0.05, 0.1) is 12.2 Å². The molecule has 0 unspecified atom stereocenters. The minimum Gasteiger partial charge on any atom is -0.368 e. The lowest BCUT2D eigenvalue weighted by Crippen LogP contribution is -2.49. The minimum absolute atomic E-state index is 0.128. The zero-order chi connectivity index (χ0) is 21.5. The van der Waals surface area contributed by atoms with Crippen LogP contribution in [0.1, 0.15) is 22.0 Å². The van der Waals surface area contributed by atoms with Crippen molar-refractivity contribution in [2.24, 2.45) is 4.99 Å². The van der Waals surface area contributed by atoms with Crippen LogP contribution in [0.4, 0.5) is 10.1 Å². The Morgan fingerprint density at radius 2 is 1.87 bits per heavy atom. The number of nitrogens with one attached hydrogen (secondary N) is 2. The van der Waals surface area contributed by atoms with Crippen LogP contribution < -0.4 is 15.5 Å². The van der Waals surface area contributed by atoms with Crippen LogP contribution in [0.25, 0.3) is 0 Å². The van der Waals surface area contributed by atoms with Crippen molar-refractivity contribution in [1.29, 1.82) is 0 Å². The van der Waals surface area contributed by atoms with Gasteiger partial charge >= 0.3 is 0 Å². The van der Waals surface area contributed by atoms with Crippen molar-refractivity contribution in [3.05, 3.63) is 45.7 Å². The largest absolute Gasteiger partial charge is 0.368 e. The Kier molecular flexibility index (Phi) is 7.62. The predicted molar refractivity (Wildman–Crippen MR) is 120 cm³/mol. The second-order valence-electron chi connectivity index (χ2n) is 7.20. The van der Waals surface area contributed by atoms with Crippen LogP contribution in [0.15, 0.2) is 29.3 Å². The molecule has 1 aliphatic heterocycles. The molecule has 0 saturated carbocycles. The maximum Gasteiger partial charge on any atom is 0.224 e. The van der Waals surface area contributed by atoms with E-state index < -0.39 is 0 Å². The highest BCUT2D eigenvalue weighted by molar-refractivity contribution is 7.11. The van der Waals surface area contributed by atoms with Crippen molar-refractivity contribution in [3.8, 4) is 0 Å². The lowest BCUT2D eigenvalue weighted by Gasteiger charge is -2.36. The third-order valence-corrected chi connectivity index (χ3v) is 6.23. The van der Waals surface area contributed by atoms with E-state index in [0.29, 0.717) is 38.6 Å². The summed E-state index contributed by atoms with van der Waals surface area (Å²) in [5, 5.41) is 7.45. The Balaban J connectivity index is 1.37. The number of benzene rings is 1. The number of amides is 1. The number of aliphatic imine (C=N–C) groups is 1. The average molecular weight is 433 g/mol. The summed E-state index contributed by atoms with van der Waals surface area (Å²) in [6.07, 6.45) is 0.409. The molecule has 2 heterocycles. The van der Waals surface area contributed by atoms with Gasteiger partial charge in [-0.1, -0.05) is 0 Å². The molecule has 0 radical (unpaired) electrons. The Hall–Kier alpha value is -2.68. The van der Waals surface area contributed by atoms with Crippen LogP contribution in [-0.2, 0) is 11.3 Å². The monoisotopic (exact) mass is 432 g/mol. The molecule has 0 atom stereocenters. The van der Waals surface area contributed by atoms with Crippen molar-refractivity contribution < 1.29 is 9.18 Å². The van der Waals surface area contributed by atoms with E-state index in [1.54, 1.807) is 30.5 Å². The van der Waals surface area contributed by atoms with Gasteiger partial charge in [0.2, 0.25) is 5.91 Å². The number of aryl methyl sites for hydroxylation is 2. The molecular weight excluding hydrogens is 403 g/mol. The van der Waals surface area contributed by atoms with E-state index in [9.17, 15) is 9.18 Å². The first-order valence-electron chi connectivity index (χ1n) is 10.1. The Bertz CT molecular complexity index is 855. The molecule has 1 aromatic carbocycles. The molecule has 1 amide bonds. The molecule has 0 bridgehead atoms. The Morgan fingerprint density at radius 1 is 1.17 bits per heavy atom. The summed E-state index contributed by atoms with van der Waals surface area (Å²) in [6.45, 7) is 8.05. The second kappa shape index (κ2) is 10.4. The summed E-state index contributed by atoms with van der Waals surface area (Å²) in [5.74, 6) is 0.554. The van der Waals surface area contributed by atoms with Crippen molar-refractivity contribution >= 4 is 28.9 Å². The molecule has 0 spiro atoms. The maximum atomic E-state index is 13.1. The fraction of sp³-hybridized carbons (Fsp3) is 0.476. The highest BCUT2D eigenvalue weighted by Gasteiger charge is 2.21. The molecular formula is C21H29FN6OS. The number of hydrogen-bond acceptors (Lipinski definition) is 5. The number of nitrogens with zero attached hydrogens (tertiary/aromatic N) is 4. The molecule has 162 valence electrons. The normalized spacial score (nSPS) is 14.7. The van der Waals surface area contributed by atoms with E-state index in [4.69, 9.17) is 0 Å². The number of carbonyl (C=O) groups excluding carboxylic acids is 1. The summed E-state index contributed by atoms with van der Waals surface area (Å²) in [7, 11) is 1.71. The number of rotatable bonds is 6. The van der Waals surface area contributed by atoms with Crippen LogP contribution in [0.3, 0.4) is 0 Å². The fourth-order valence-electron chi connectivity index (χ4n) is 3.31. The molecule has 7 nitrogen and oxygen atoms in total. The van der Waals surface area contributed by atoms with Crippen LogP contribution in [-0.4, -0.2) is 61.5 Å². The number of hydrogen-bond donors (Lipinski definition) is 2. The van der Waals surface area contributed by atoms with Crippen molar-refractivity contribution in [3.63, 3.8) is 0 Å². The smallest absolute Gasteiger partial charge is 0.224 e. The van der Waals surface area contributed by atoms with Crippen molar-refractivity contribution in [2.75, 3.05) is 44.7 Å². The highest BCUT2D eigenvalue weighted by Crippen LogP contribution is 2.17. The number of aromatic nitrogens is 1. The van der Waals surface area contributed by atoms with Crippen molar-refractivity contribution in [1.82, 2.24) is 20.5 Å². The molecule has 30 heavy (non-hydrogen) atoms. The summed E-state index contributed by atoms with van der Waals surface area (Å²) in [4.78, 5) is 26.5.